The summed E-state index contributed by atoms with van der Waals surface area (Å²) in [5.74, 6) is 0.807. The molecule has 0 aliphatic carbocycles. The van der Waals surface area contributed by atoms with E-state index in [-0.39, 0.29) is 23.9 Å². The SMILES string of the molecule is COc1ccc(C(C)C)c(CC(C)=O)c1O. The quantitative estimate of drug-likeness (QED) is 0.851. The zero-order chi connectivity index (χ0) is 12.3. The molecule has 1 rings (SSSR count). The molecule has 0 fully saturated rings. The van der Waals surface area contributed by atoms with Crippen LogP contribution in [0.15, 0.2) is 12.1 Å². The van der Waals surface area contributed by atoms with Gasteiger partial charge >= 0.3 is 0 Å². The highest BCUT2D eigenvalue weighted by Gasteiger charge is 2.16. The summed E-state index contributed by atoms with van der Waals surface area (Å²) in [6, 6.07) is 3.63. The van der Waals surface area contributed by atoms with E-state index >= 15 is 0 Å². The van der Waals surface area contributed by atoms with Crippen LogP contribution in [-0.4, -0.2) is 18.0 Å². The molecule has 0 aromatic heterocycles. The Morgan fingerprint density at radius 3 is 2.50 bits per heavy atom. The van der Waals surface area contributed by atoms with Crippen LogP contribution in [-0.2, 0) is 11.2 Å². The molecule has 0 unspecified atom stereocenters. The third kappa shape index (κ3) is 2.54. The second kappa shape index (κ2) is 5.01. The van der Waals surface area contributed by atoms with Crippen LogP contribution in [0.5, 0.6) is 11.5 Å². The number of methoxy groups -OCH3 is 1. The molecular formula is C13H18O3. The Morgan fingerprint density at radius 2 is 2.06 bits per heavy atom. The number of phenols is 1. The minimum atomic E-state index is 0.0328. The summed E-state index contributed by atoms with van der Waals surface area (Å²) in [6.45, 7) is 5.58. The predicted octanol–water partition coefficient (Wildman–Crippen LogP) is 2.66. The van der Waals surface area contributed by atoms with Gasteiger partial charge in [-0.2, -0.15) is 0 Å². The summed E-state index contributed by atoms with van der Waals surface area (Å²) in [4.78, 5) is 11.2. The van der Waals surface area contributed by atoms with Crippen molar-refractivity contribution in [3.8, 4) is 11.5 Å². The molecule has 88 valence electrons. The van der Waals surface area contributed by atoms with E-state index in [4.69, 9.17) is 4.74 Å². The molecule has 0 radical (unpaired) electrons. The fourth-order valence-electron chi connectivity index (χ4n) is 1.77. The predicted molar refractivity (Wildman–Crippen MR) is 63.1 cm³/mol. The Kier molecular flexibility index (Phi) is 3.93. The van der Waals surface area contributed by atoms with E-state index in [1.807, 2.05) is 19.9 Å². The Morgan fingerprint density at radius 1 is 1.44 bits per heavy atom. The lowest BCUT2D eigenvalue weighted by molar-refractivity contribution is -0.116. The number of phenolic OH excluding ortho intramolecular Hbond substituents is 1. The summed E-state index contributed by atoms with van der Waals surface area (Å²) >= 11 is 0. The highest BCUT2D eigenvalue weighted by Crippen LogP contribution is 2.35. The monoisotopic (exact) mass is 222 g/mol. The first-order valence-corrected chi connectivity index (χ1v) is 5.35. The van der Waals surface area contributed by atoms with Crippen LogP contribution >= 0.6 is 0 Å². The fourth-order valence-corrected chi connectivity index (χ4v) is 1.77. The number of hydrogen-bond acceptors (Lipinski definition) is 3. The van der Waals surface area contributed by atoms with E-state index in [0.717, 1.165) is 5.56 Å². The van der Waals surface area contributed by atoms with Crippen LogP contribution in [0.2, 0.25) is 0 Å². The summed E-state index contributed by atoms with van der Waals surface area (Å²) in [6.07, 6.45) is 0.247. The van der Waals surface area contributed by atoms with E-state index in [1.165, 1.54) is 14.0 Å². The van der Waals surface area contributed by atoms with Gasteiger partial charge in [0.15, 0.2) is 11.5 Å². The van der Waals surface area contributed by atoms with Crippen LogP contribution in [0.4, 0.5) is 0 Å². The lowest BCUT2D eigenvalue weighted by Crippen LogP contribution is -2.04. The number of benzene rings is 1. The molecule has 0 amide bonds. The van der Waals surface area contributed by atoms with Gasteiger partial charge in [-0.1, -0.05) is 19.9 Å². The number of carbonyl (C=O) groups excluding carboxylic acids is 1. The highest BCUT2D eigenvalue weighted by atomic mass is 16.5. The highest BCUT2D eigenvalue weighted by molar-refractivity contribution is 5.80. The van der Waals surface area contributed by atoms with Crippen molar-refractivity contribution in [3.05, 3.63) is 23.3 Å². The number of hydrogen-bond donors (Lipinski definition) is 1. The van der Waals surface area contributed by atoms with E-state index < -0.39 is 0 Å². The van der Waals surface area contributed by atoms with Gasteiger partial charge < -0.3 is 9.84 Å². The van der Waals surface area contributed by atoms with Gasteiger partial charge in [-0.3, -0.25) is 4.79 Å². The number of Topliss-reactive ketones (excluding diaryl/α,β-unsaturated/α-hetero) is 1. The van der Waals surface area contributed by atoms with Crippen molar-refractivity contribution in [2.45, 2.75) is 33.1 Å². The average Bonchev–Trinajstić information content (AvgIpc) is 2.19. The molecule has 0 saturated heterocycles. The van der Waals surface area contributed by atoms with Gasteiger partial charge in [0.1, 0.15) is 5.78 Å². The Bertz CT molecular complexity index is 394. The van der Waals surface area contributed by atoms with Crippen molar-refractivity contribution in [1.29, 1.82) is 0 Å². The van der Waals surface area contributed by atoms with E-state index in [1.54, 1.807) is 6.07 Å². The molecule has 0 bridgehead atoms. The number of ether oxygens (including phenoxy) is 1. The van der Waals surface area contributed by atoms with Crippen LogP contribution in [0.1, 0.15) is 37.8 Å². The van der Waals surface area contributed by atoms with E-state index in [0.29, 0.717) is 11.3 Å². The van der Waals surface area contributed by atoms with Crippen LogP contribution in [0.3, 0.4) is 0 Å². The maximum Gasteiger partial charge on any atom is 0.161 e. The van der Waals surface area contributed by atoms with Gasteiger partial charge in [0.25, 0.3) is 0 Å². The molecule has 16 heavy (non-hydrogen) atoms. The third-order valence-electron chi connectivity index (χ3n) is 2.55. The van der Waals surface area contributed by atoms with E-state index in [9.17, 15) is 9.90 Å². The summed E-state index contributed by atoms with van der Waals surface area (Å²) in [5.41, 5.74) is 1.68. The van der Waals surface area contributed by atoms with Crippen LogP contribution in [0, 0.1) is 0 Å². The Balaban J connectivity index is 3.30. The first-order chi connectivity index (χ1) is 7.47. The minimum absolute atomic E-state index is 0.0328. The molecular weight excluding hydrogens is 204 g/mol. The molecule has 1 N–H and O–H groups in total. The molecule has 3 nitrogen and oxygen atoms in total. The van der Waals surface area contributed by atoms with Crippen LogP contribution in [0.25, 0.3) is 0 Å². The molecule has 0 heterocycles. The molecule has 3 heteroatoms. The number of carbonyl (C=O) groups is 1. The number of ketones is 1. The summed E-state index contributed by atoms with van der Waals surface area (Å²) in [7, 11) is 1.50. The van der Waals surface area contributed by atoms with Crippen molar-refractivity contribution in [2.75, 3.05) is 7.11 Å². The molecule has 1 aromatic rings. The van der Waals surface area contributed by atoms with Gasteiger partial charge in [-0.05, 0) is 24.5 Å². The van der Waals surface area contributed by atoms with Crippen LogP contribution < -0.4 is 4.74 Å². The second-order valence-corrected chi connectivity index (χ2v) is 4.22. The van der Waals surface area contributed by atoms with E-state index in [2.05, 4.69) is 0 Å². The first kappa shape index (κ1) is 12.6. The lowest BCUT2D eigenvalue weighted by atomic mass is 9.93. The van der Waals surface area contributed by atoms with Gasteiger partial charge in [-0.15, -0.1) is 0 Å². The van der Waals surface area contributed by atoms with Gasteiger partial charge in [0.2, 0.25) is 0 Å². The zero-order valence-electron chi connectivity index (χ0n) is 10.2. The third-order valence-corrected chi connectivity index (χ3v) is 2.55. The second-order valence-electron chi connectivity index (χ2n) is 4.22. The minimum Gasteiger partial charge on any atom is -0.504 e. The van der Waals surface area contributed by atoms with Gasteiger partial charge in [0, 0.05) is 12.0 Å². The number of aromatic hydroxyl groups is 1. The molecule has 0 atom stereocenters. The Labute approximate surface area is 96.1 Å². The van der Waals surface area contributed by atoms with Crippen molar-refractivity contribution in [3.63, 3.8) is 0 Å². The van der Waals surface area contributed by atoms with Crippen molar-refractivity contribution >= 4 is 5.78 Å². The molecule has 0 aliphatic heterocycles. The molecule has 1 aromatic carbocycles. The molecule has 0 spiro atoms. The normalized spacial score (nSPS) is 10.6. The van der Waals surface area contributed by atoms with Crippen molar-refractivity contribution in [1.82, 2.24) is 0 Å². The smallest absolute Gasteiger partial charge is 0.161 e. The lowest BCUT2D eigenvalue weighted by Gasteiger charge is -2.15. The maximum absolute atomic E-state index is 11.2. The van der Waals surface area contributed by atoms with Crippen molar-refractivity contribution < 1.29 is 14.6 Å². The number of rotatable bonds is 4. The standard InChI is InChI=1S/C13H18O3/c1-8(2)10-5-6-12(16-4)13(15)11(10)7-9(3)14/h5-6,8,15H,7H2,1-4H3. The maximum atomic E-state index is 11.2. The fraction of sp³-hybridized carbons (Fsp3) is 0.462. The first-order valence-electron chi connectivity index (χ1n) is 5.35. The topological polar surface area (TPSA) is 46.5 Å². The Hall–Kier alpha value is -1.51. The summed E-state index contributed by atoms with van der Waals surface area (Å²) in [5, 5.41) is 9.99. The van der Waals surface area contributed by atoms with Gasteiger partial charge in [0.05, 0.1) is 7.11 Å². The average molecular weight is 222 g/mol. The van der Waals surface area contributed by atoms with Crippen molar-refractivity contribution in [2.24, 2.45) is 0 Å². The largest absolute Gasteiger partial charge is 0.504 e. The molecule has 0 aliphatic rings. The zero-order valence-corrected chi connectivity index (χ0v) is 10.2. The molecule has 0 saturated carbocycles. The summed E-state index contributed by atoms with van der Waals surface area (Å²) < 4.78 is 5.04. The van der Waals surface area contributed by atoms with Gasteiger partial charge in [-0.25, -0.2) is 0 Å².